The first-order chi connectivity index (χ1) is 3.79. The summed E-state index contributed by atoms with van der Waals surface area (Å²) in [4.78, 5) is 20.5. The number of hydrogen-bond donors (Lipinski definition) is 1. The average molecular weight is 199 g/mol. The van der Waals surface area contributed by atoms with Crippen molar-refractivity contribution in [3.63, 3.8) is 0 Å². The Morgan fingerprint density at radius 3 is 2.56 bits per heavy atom. The largest absolute Gasteiger partial charge is 3.00 e. The van der Waals surface area contributed by atoms with E-state index in [-0.39, 0.29) is 45.0 Å². The van der Waals surface area contributed by atoms with Crippen molar-refractivity contribution in [2.24, 2.45) is 0 Å². The topological polar surface area (TPSA) is 46.2 Å². The van der Waals surface area contributed by atoms with E-state index in [2.05, 4.69) is 11.4 Å². The summed E-state index contributed by atoms with van der Waals surface area (Å²) in [6.07, 6.45) is 4.00. The van der Waals surface area contributed by atoms with Crippen LogP contribution >= 0.6 is 0 Å². The summed E-state index contributed by atoms with van der Waals surface area (Å²) in [5.41, 5.74) is 0. The van der Waals surface area contributed by atoms with E-state index in [1.807, 2.05) is 0 Å². The molecule has 0 saturated carbocycles. The first-order valence-electron chi connectivity index (χ1n) is 2.21. The van der Waals surface area contributed by atoms with Gasteiger partial charge in [-0.05, 0) is 0 Å². The van der Waals surface area contributed by atoms with Gasteiger partial charge in [-0.25, -0.2) is 0 Å². The molecule has 0 aromatic heterocycles. The van der Waals surface area contributed by atoms with Gasteiger partial charge in [-0.15, -0.1) is 0 Å². The van der Waals surface area contributed by atoms with Gasteiger partial charge in [0.2, 0.25) is 5.91 Å². The van der Waals surface area contributed by atoms with Crippen molar-refractivity contribution in [2.45, 2.75) is 6.42 Å². The second-order valence-corrected chi connectivity index (χ2v) is 1.43. The summed E-state index contributed by atoms with van der Waals surface area (Å²) in [6.45, 7) is 0. The molecule has 0 atom stereocenters. The minimum absolute atomic E-state index is 0. The maximum Gasteiger partial charge on any atom is 3.00 e. The number of carbonyl (C=O) groups is 2. The van der Waals surface area contributed by atoms with Gasteiger partial charge in [0, 0.05) is 6.42 Å². The van der Waals surface area contributed by atoms with Crippen LogP contribution < -0.4 is 5.32 Å². The first kappa shape index (κ1) is 8.98. The van der Waals surface area contributed by atoms with Gasteiger partial charge in [0.15, 0.2) is 0 Å². The van der Waals surface area contributed by atoms with Gasteiger partial charge in [0.05, 0.1) is 5.91 Å². The fourth-order valence-corrected chi connectivity index (χ4v) is 0.450. The van der Waals surface area contributed by atoms with Gasteiger partial charge >= 0.3 is 32.7 Å². The van der Waals surface area contributed by atoms with Crippen LogP contribution in [-0.2, 0) is 42.3 Å². The first-order valence-corrected chi connectivity index (χ1v) is 2.21. The molecule has 3 nitrogen and oxygen atoms in total. The second kappa shape index (κ2) is 3.91. The molecule has 0 saturated heterocycles. The molecule has 0 fully saturated rings. The molecule has 4 heteroatoms. The van der Waals surface area contributed by atoms with Crippen LogP contribution in [0.3, 0.4) is 0 Å². The van der Waals surface area contributed by atoms with Crippen molar-refractivity contribution < 1.29 is 42.3 Å². The molecule has 1 N–H and O–H groups in total. The zero-order valence-electron chi connectivity index (χ0n) is 4.68. The Morgan fingerprint density at radius 1 is 1.56 bits per heavy atom. The molecule has 0 radical (unpaired) electrons. The van der Waals surface area contributed by atoms with Crippen LogP contribution in [-0.4, -0.2) is 11.8 Å². The van der Waals surface area contributed by atoms with Gasteiger partial charge < -0.3 is 16.2 Å². The quantitative estimate of drug-likeness (QED) is 0.417. The standard InChI is InChI=1S/C5H4NO2.Y/c7-4-2-1-3-5(8)6-4;/h1H,2H2,(H,6,7,8);/q-1;+3. The van der Waals surface area contributed by atoms with Crippen molar-refractivity contribution in [1.82, 2.24) is 5.32 Å². The molecule has 1 rings (SSSR count). The molecule has 0 aromatic carbocycles. The minimum atomic E-state index is -0.443. The Kier molecular flexibility index (Phi) is 3.90. The third-order valence-electron chi connectivity index (χ3n) is 0.774. The number of imide groups is 1. The van der Waals surface area contributed by atoms with E-state index >= 15 is 0 Å². The van der Waals surface area contributed by atoms with Crippen molar-refractivity contribution in [1.29, 1.82) is 0 Å². The Balaban J connectivity index is 0.000000640. The molecule has 42 valence electrons. The Labute approximate surface area is 77.8 Å². The van der Waals surface area contributed by atoms with Crippen molar-refractivity contribution >= 4 is 11.8 Å². The predicted molar refractivity (Wildman–Crippen MR) is 25.6 cm³/mol. The maximum absolute atomic E-state index is 10.3. The van der Waals surface area contributed by atoms with Crippen LogP contribution in [0.4, 0.5) is 0 Å². The van der Waals surface area contributed by atoms with Crippen molar-refractivity contribution in [3.8, 4) is 0 Å². The summed E-state index contributed by atoms with van der Waals surface area (Å²) < 4.78 is 0. The molecule has 1 heterocycles. The van der Waals surface area contributed by atoms with Crippen LogP contribution in [0.1, 0.15) is 6.42 Å². The second-order valence-electron chi connectivity index (χ2n) is 1.43. The van der Waals surface area contributed by atoms with E-state index in [4.69, 9.17) is 0 Å². The third kappa shape index (κ3) is 2.87. The van der Waals surface area contributed by atoms with Gasteiger partial charge in [0.1, 0.15) is 0 Å². The van der Waals surface area contributed by atoms with Crippen LogP contribution in [0, 0.1) is 6.08 Å². The van der Waals surface area contributed by atoms with E-state index in [1.165, 1.54) is 6.08 Å². The molecule has 0 spiro atoms. The van der Waals surface area contributed by atoms with E-state index in [1.54, 1.807) is 0 Å². The van der Waals surface area contributed by atoms with Gasteiger partial charge in [-0.1, -0.05) is 0 Å². The Hall–Kier alpha value is -0.0161. The fraction of sp³-hybridized carbons (Fsp3) is 0.200. The van der Waals surface area contributed by atoms with Crippen molar-refractivity contribution in [3.05, 3.63) is 12.2 Å². The Morgan fingerprint density at radius 2 is 2.22 bits per heavy atom. The van der Waals surface area contributed by atoms with Crippen LogP contribution in [0.15, 0.2) is 6.08 Å². The van der Waals surface area contributed by atoms with Crippen molar-refractivity contribution in [2.75, 3.05) is 0 Å². The molecule has 1 aliphatic heterocycles. The smallest absolute Gasteiger partial charge is 0.408 e. The van der Waals surface area contributed by atoms with E-state index in [9.17, 15) is 9.59 Å². The number of amides is 2. The molecule has 0 aromatic rings. The molecule has 1 aliphatic rings. The van der Waals surface area contributed by atoms with E-state index in [0.717, 1.165) is 0 Å². The van der Waals surface area contributed by atoms with Gasteiger partial charge in [0.25, 0.3) is 0 Å². The van der Waals surface area contributed by atoms with Crippen LogP contribution in [0.25, 0.3) is 0 Å². The SMILES string of the molecule is O=C1[C-]=CCC(=O)N1.[Y+3]. The Bertz CT molecular complexity index is 164. The van der Waals surface area contributed by atoms with Gasteiger partial charge in [-0.2, -0.15) is 0 Å². The normalized spacial score (nSPS) is 16.4. The molecule has 2 amide bonds. The van der Waals surface area contributed by atoms with Crippen LogP contribution in [0.5, 0.6) is 0 Å². The fourth-order valence-electron chi connectivity index (χ4n) is 0.450. The molecule has 0 unspecified atom stereocenters. The van der Waals surface area contributed by atoms with Crippen LogP contribution in [0.2, 0.25) is 0 Å². The summed E-state index contributed by atoms with van der Waals surface area (Å²) in [5, 5.41) is 2.06. The van der Waals surface area contributed by atoms with Gasteiger partial charge in [-0.3, -0.25) is 10.9 Å². The average Bonchev–Trinajstić information content (AvgIpc) is 1.64. The molecule has 9 heavy (non-hydrogen) atoms. The molecular weight excluding hydrogens is 195 g/mol. The number of carbonyl (C=O) groups excluding carboxylic acids is 2. The zero-order valence-corrected chi connectivity index (χ0v) is 7.52. The summed E-state index contributed by atoms with van der Waals surface area (Å²) >= 11 is 0. The summed E-state index contributed by atoms with van der Waals surface area (Å²) in [5.74, 6) is -0.699. The third-order valence-corrected chi connectivity index (χ3v) is 0.774. The zero-order chi connectivity index (χ0) is 5.98. The summed E-state index contributed by atoms with van der Waals surface area (Å²) in [6, 6.07) is 0. The molecule has 0 bridgehead atoms. The predicted octanol–water partition coefficient (Wildman–Crippen LogP) is -0.610. The number of hydrogen-bond acceptors (Lipinski definition) is 2. The summed E-state index contributed by atoms with van der Waals surface area (Å²) in [7, 11) is 0. The molecular formula is C5H4NO2Y+2. The maximum atomic E-state index is 10.3. The number of rotatable bonds is 0. The monoisotopic (exact) mass is 199 g/mol. The van der Waals surface area contributed by atoms with E-state index in [0.29, 0.717) is 0 Å². The van der Waals surface area contributed by atoms with E-state index < -0.39 is 5.91 Å². The number of nitrogens with one attached hydrogen (secondary N) is 1. The minimum Gasteiger partial charge on any atom is -0.408 e. The molecule has 0 aliphatic carbocycles.